The van der Waals surface area contributed by atoms with Crippen LogP contribution < -0.4 is 10.6 Å². The van der Waals surface area contributed by atoms with Crippen LogP contribution in [0, 0.1) is 0 Å². The van der Waals surface area contributed by atoms with Gasteiger partial charge >= 0.3 is 18.5 Å². The van der Waals surface area contributed by atoms with Crippen LogP contribution in [0.2, 0.25) is 0 Å². The van der Waals surface area contributed by atoms with Crippen molar-refractivity contribution in [3.05, 3.63) is 51.4 Å². The van der Waals surface area contributed by atoms with E-state index in [9.17, 15) is 44.3 Å². The first-order valence-corrected chi connectivity index (χ1v) is 9.41. The maximum absolute atomic E-state index is 13.6. The van der Waals surface area contributed by atoms with Crippen LogP contribution in [0.1, 0.15) is 23.7 Å². The van der Waals surface area contributed by atoms with Gasteiger partial charge in [0.05, 0.1) is 16.8 Å². The maximum atomic E-state index is 13.6. The fraction of sp³-hybridized carbons (Fsp3) is 0.375. The standard InChI is InChI=1S/C16H12F9N3O3S/c1-3-27-12(29)7-11(16(23,24)25)26-13(27)28(30-31-32-2)10-5-4-8(14(17,18)19)6-9(10)15(20,21)22/h4-7H,3H2,1-2H3. The van der Waals surface area contributed by atoms with Crippen LogP contribution in [0.5, 0.6) is 0 Å². The molecule has 6 nitrogen and oxygen atoms in total. The molecule has 16 heteroatoms. The zero-order valence-corrected chi connectivity index (χ0v) is 16.7. The molecule has 0 saturated carbocycles. The van der Waals surface area contributed by atoms with Gasteiger partial charge in [-0.25, -0.2) is 4.98 Å². The van der Waals surface area contributed by atoms with E-state index in [1.807, 2.05) is 0 Å². The number of anilines is 2. The Morgan fingerprint density at radius 1 is 1.00 bits per heavy atom. The van der Waals surface area contributed by atoms with Crippen molar-refractivity contribution in [2.24, 2.45) is 0 Å². The van der Waals surface area contributed by atoms with Gasteiger partial charge in [0.2, 0.25) is 5.95 Å². The Hall–Kier alpha value is -2.46. The molecule has 0 bridgehead atoms. The van der Waals surface area contributed by atoms with Crippen molar-refractivity contribution >= 4 is 23.7 Å². The van der Waals surface area contributed by atoms with Gasteiger partial charge in [0.1, 0.15) is 0 Å². The third kappa shape index (κ3) is 5.66. The highest BCUT2D eigenvalue weighted by molar-refractivity contribution is 7.93. The summed E-state index contributed by atoms with van der Waals surface area (Å²) in [6.07, 6.45) is -14.5. The average Bonchev–Trinajstić information content (AvgIpc) is 2.65. The molecule has 1 heterocycles. The lowest BCUT2D eigenvalue weighted by molar-refractivity contribution is -0.195. The van der Waals surface area contributed by atoms with Gasteiger partial charge in [0, 0.05) is 30.9 Å². The molecule has 0 radical (unpaired) electrons. The molecule has 2 rings (SSSR count). The van der Waals surface area contributed by atoms with Crippen LogP contribution in [0.15, 0.2) is 29.1 Å². The average molecular weight is 497 g/mol. The molecule has 0 aliphatic carbocycles. The largest absolute Gasteiger partial charge is 0.433 e. The summed E-state index contributed by atoms with van der Waals surface area (Å²) in [5.74, 6) is -1.10. The highest BCUT2D eigenvalue weighted by atomic mass is 32.2. The lowest BCUT2D eigenvalue weighted by Crippen LogP contribution is -2.32. The summed E-state index contributed by atoms with van der Waals surface area (Å²) in [5, 5.41) is -0.0420. The molecule has 0 spiro atoms. The fourth-order valence-electron chi connectivity index (χ4n) is 2.45. The molecule has 0 saturated heterocycles. The smallest absolute Gasteiger partial charge is 0.277 e. The molecule has 1 aromatic carbocycles. The molecule has 0 aliphatic rings. The molecular weight excluding hydrogens is 485 g/mol. The maximum Gasteiger partial charge on any atom is 0.433 e. The molecular formula is C16H12F9N3O3S. The Labute approximate surface area is 177 Å². The fourth-order valence-corrected chi connectivity index (χ4v) is 2.57. The van der Waals surface area contributed by atoms with Gasteiger partial charge in [0.15, 0.2) is 5.69 Å². The topological polar surface area (TPSA) is 56.6 Å². The second kappa shape index (κ2) is 9.19. The van der Waals surface area contributed by atoms with E-state index in [1.54, 1.807) is 0 Å². The zero-order valence-electron chi connectivity index (χ0n) is 15.9. The van der Waals surface area contributed by atoms with Crippen LogP contribution in [0.25, 0.3) is 0 Å². The quantitative estimate of drug-likeness (QED) is 0.224. The first-order valence-electron chi connectivity index (χ1n) is 8.26. The van der Waals surface area contributed by atoms with Gasteiger partial charge in [-0.3, -0.25) is 9.36 Å². The Kier molecular flexibility index (Phi) is 7.41. The Morgan fingerprint density at radius 2 is 1.62 bits per heavy atom. The summed E-state index contributed by atoms with van der Waals surface area (Å²) in [6, 6.07) is 0.411. The highest BCUT2D eigenvalue weighted by Crippen LogP contribution is 2.42. The molecule has 32 heavy (non-hydrogen) atoms. The third-order valence-electron chi connectivity index (χ3n) is 3.80. The summed E-state index contributed by atoms with van der Waals surface area (Å²) < 4.78 is 124. The second-order valence-corrected chi connectivity index (χ2v) is 6.32. The molecule has 0 unspecified atom stereocenters. The van der Waals surface area contributed by atoms with E-state index in [0.29, 0.717) is 22.7 Å². The van der Waals surface area contributed by atoms with Crippen molar-refractivity contribution in [3.63, 3.8) is 0 Å². The predicted octanol–water partition coefficient (Wildman–Crippen LogP) is 5.60. The molecule has 2 aromatic rings. The van der Waals surface area contributed by atoms with Gasteiger partial charge in [-0.05, 0) is 25.1 Å². The van der Waals surface area contributed by atoms with Crippen molar-refractivity contribution in [3.8, 4) is 0 Å². The van der Waals surface area contributed by atoms with Crippen LogP contribution >= 0.6 is 12.0 Å². The third-order valence-corrected chi connectivity index (χ3v) is 3.99. The minimum Gasteiger partial charge on any atom is -0.277 e. The highest BCUT2D eigenvalue weighted by Gasteiger charge is 2.41. The van der Waals surface area contributed by atoms with Gasteiger partial charge in [-0.1, -0.05) is 4.99 Å². The lowest BCUT2D eigenvalue weighted by atomic mass is 10.1. The van der Waals surface area contributed by atoms with E-state index >= 15 is 0 Å². The number of nitrogens with zero attached hydrogens (tertiary/aromatic N) is 3. The first kappa shape index (κ1) is 25.8. The Morgan fingerprint density at radius 3 is 2.09 bits per heavy atom. The SMILES string of the molecule is CCn1c(N(OOSC)c2ccc(C(F)(F)F)cc2C(F)(F)F)nc(C(F)(F)F)cc1=O. The van der Waals surface area contributed by atoms with Gasteiger partial charge in [-0.15, -0.1) is 4.33 Å². The number of hydrogen-bond acceptors (Lipinski definition) is 6. The van der Waals surface area contributed by atoms with E-state index in [2.05, 4.69) is 14.3 Å². The number of alkyl halides is 9. The minimum absolute atomic E-state index is 0.0420. The Balaban J connectivity index is 2.87. The van der Waals surface area contributed by atoms with Gasteiger partial charge in [-0.2, -0.15) is 44.6 Å². The van der Waals surface area contributed by atoms with Crippen molar-refractivity contribution in [1.29, 1.82) is 0 Å². The van der Waals surface area contributed by atoms with E-state index in [0.717, 1.165) is 0 Å². The summed E-state index contributed by atoms with van der Waals surface area (Å²) in [5.41, 5.74) is -7.87. The van der Waals surface area contributed by atoms with Crippen molar-refractivity contribution < 1.29 is 48.8 Å². The normalized spacial score (nSPS) is 12.8. The minimum atomic E-state index is -5.41. The summed E-state index contributed by atoms with van der Waals surface area (Å²) in [7, 11) is 0. The molecule has 0 aliphatic heterocycles. The predicted molar refractivity (Wildman–Crippen MR) is 93.4 cm³/mol. The van der Waals surface area contributed by atoms with Crippen molar-refractivity contribution in [2.45, 2.75) is 32.0 Å². The molecule has 0 atom stereocenters. The van der Waals surface area contributed by atoms with Crippen LogP contribution in [0.3, 0.4) is 0 Å². The molecule has 178 valence electrons. The summed E-state index contributed by atoms with van der Waals surface area (Å²) >= 11 is 0.405. The first-order chi connectivity index (χ1) is 14.6. The van der Waals surface area contributed by atoms with Crippen molar-refractivity contribution in [2.75, 3.05) is 11.3 Å². The van der Waals surface area contributed by atoms with E-state index in [-0.39, 0.29) is 29.8 Å². The van der Waals surface area contributed by atoms with Crippen LogP contribution in [0.4, 0.5) is 51.1 Å². The monoisotopic (exact) mass is 497 g/mol. The number of benzene rings is 1. The number of aromatic nitrogens is 2. The van der Waals surface area contributed by atoms with Gasteiger partial charge in [0.25, 0.3) is 5.56 Å². The van der Waals surface area contributed by atoms with Gasteiger partial charge < -0.3 is 0 Å². The Bertz CT molecular complexity index is 1020. The van der Waals surface area contributed by atoms with Crippen molar-refractivity contribution in [1.82, 2.24) is 9.55 Å². The number of hydrogen-bond donors (Lipinski definition) is 0. The summed E-state index contributed by atoms with van der Waals surface area (Å²) in [4.78, 5) is 19.9. The zero-order chi connectivity index (χ0) is 24.5. The summed E-state index contributed by atoms with van der Waals surface area (Å²) in [6.45, 7) is 0.894. The molecule has 0 fully saturated rings. The van der Waals surface area contributed by atoms with E-state index < -0.39 is 52.5 Å². The lowest BCUT2D eigenvalue weighted by Gasteiger charge is -2.26. The number of rotatable bonds is 6. The van der Waals surface area contributed by atoms with Crippen LogP contribution in [-0.2, 0) is 34.4 Å². The molecule has 0 amide bonds. The van der Waals surface area contributed by atoms with E-state index in [1.165, 1.54) is 13.2 Å². The second-order valence-electron chi connectivity index (χ2n) is 5.85. The number of halogens is 9. The van der Waals surface area contributed by atoms with Crippen LogP contribution in [-0.4, -0.2) is 15.8 Å². The molecule has 1 aromatic heterocycles. The molecule has 0 N–H and O–H groups in total. The van der Waals surface area contributed by atoms with E-state index in [4.69, 9.17) is 0 Å².